The van der Waals surface area contributed by atoms with Gasteiger partial charge in [0.25, 0.3) is 11.5 Å². The van der Waals surface area contributed by atoms with E-state index in [9.17, 15) is 14.4 Å². The van der Waals surface area contributed by atoms with Crippen LogP contribution in [0.1, 0.15) is 22.3 Å². The second-order valence-corrected chi connectivity index (χ2v) is 7.29. The second-order valence-electron chi connectivity index (χ2n) is 7.29. The maximum Gasteiger partial charge on any atom is 0.261 e. The van der Waals surface area contributed by atoms with Crippen molar-refractivity contribution in [1.82, 2.24) is 14.5 Å². The minimum Gasteiger partial charge on any atom is -0.326 e. The van der Waals surface area contributed by atoms with Gasteiger partial charge in [-0.3, -0.25) is 23.9 Å². The zero-order chi connectivity index (χ0) is 22.5. The Balaban J connectivity index is 1.35. The predicted molar refractivity (Wildman–Crippen MR) is 123 cm³/mol. The van der Waals surface area contributed by atoms with E-state index in [4.69, 9.17) is 0 Å². The average molecular weight is 427 g/mol. The summed E-state index contributed by atoms with van der Waals surface area (Å²) in [5, 5.41) is 6.06. The van der Waals surface area contributed by atoms with E-state index >= 15 is 0 Å². The van der Waals surface area contributed by atoms with E-state index in [-0.39, 0.29) is 30.3 Å². The van der Waals surface area contributed by atoms with Gasteiger partial charge in [0.05, 0.1) is 29.1 Å². The van der Waals surface area contributed by atoms with Gasteiger partial charge in [0.1, 0.15) is 0 Å². The highest BCUT2D eigenvalue weighted by Crippen LogP contribution is 2.13. The minimum absolute atomic E-state index is 0.113. The summed E-state index contributed by atoms with van der Waals surface area (Å²) in [6.07, 6.45) is 4.77. The van der Waals surface area contributed by atoms with Crippen LogP contribution in [0.2, 0.25) is 0 Å². The van der Waals surface area contributed by atoms with Gasteiger partial charge in [-0.15, -0.1) is 0 Å². The lowest BCUT2D eigenvalue weighted by Gasteiger charge is -2.09. The quantitative estimate of drug-likeness (QED) is 0.491. The third-order valence-corrected chi connectivity index (χ3v) is 4.99. The molecule has 0 aliphatic carbocycles. The molecule has 8 heteroatoms. The number of nitrogens with one attached hydrogen (secondary N) is 2. The first-order chi connectivity index (χ1) is 15.5. The molecule has 0 saturated heterocycles. The van der Waals surface area contributed by atoms with Gasteiger partial charge in [-0.1, -0.05) is 12.1 Å². The maximum atomic E-state index is 12.6. The van der Waals surface area contributed by atoms with Gasteiger partial charge in [-0.05, 0) is 55.0 Å². The van der Waals surface area contributed by atoms with Gasteiger partial charge < -0.3 is 10.6 Å². The Morgan fingerprint density at radius 2 is 1.78 bits per heavy atom. The van der Waals surface area contributed by atoms with E-state index in [1.807, 2.05) is 19.1 Å². The van der Waals surface area contributed by atoms with Crippen LogP contribution in [0.3, 0.4) is 0 Å². The Kier molecular flexibility index (Phi) is 6.03. The Labute approximate surface area is 184 Å². The van der Waals surface area contributed by atoms with E-state index in [0.29, 0.717) is 27.8 Å². The lowest BCUT2D eigenvalue weighted by atomic mass is 10.1. The number of amides is 2. The Bertz CT molecular complexity index is 1330. The molecule has 8 nitrogen and oxygen atoms in total. The number of anilines is 2. The van der Waals surface area contributed by atoms with Crippen LogP contribution in [0.5, 0.6) is 0 Å². The van der Waals surface area contributed by atoms with Gasteiger partial charge >= 0.3 is 0 Å². The first kappa shape index (κ1) is 20.9. The lowest BCUT2D eigenvalue weighted by Crippen LogP contribution is -2.23. The Morgan fingerprint density at radius 1 is 0.969 bits per heavy atom. The standard InChI is InChI=1S/C24H21N5O3/c1-16-4-2-6-20-22(16)26-15-29(24(20)32)13-11-21(30)27-18-9-7-17(8-10-18)23(31)28-19-5-3-12-25-14-19/h2-10,12,14-15H,11,13H2,1H3,(H,27,30)(H,28,31). The molecule has 4 rings (SSSR count). The monoisotopic (exact) mass is 427 g/mol. The summed E-state index contributed by atoms with van der Waals surface area (Å²) in [5.74, 6) is -0.511. The highest BCUT2D eigenvalue weighted by molar-refractivity contribution is 6.04. The molecule has 0 spiro atoms. The van der Waals surface area contributed by atoms with Crippen molar-refractivity contribution in [3.8, 4) is 0 Å². The number of carbonyl (C=O) groups excluding carboxylic acids is 2. The fraction of sp³-hybridized carbons (Fsp3) is 0.125. The van der Waals surface area contributed by atoms with Crippen molar-refractivity contribution in [2.24, 2.45) is 0 Å². The summed E-state index contributed by atoms with van der Waals surface area (Å²) in [7, 11) is 0. The first-order valence-corrected chi connectivity index (χ1v) is 10.1. The van der Waals surface area contributed by atoms with E-state index in [0.717, 1.165) is 5.56 Å². The molecule has 2 aromatic heterocycles. The number of rotatable bonds is 6. The molecule has 2 heterocycles. The highest BCUT2D eigenvalue weighted by Gasteiger charge is 2.10. The van der Waals surface area contributed by atoms with Gasteiger partial charge in [0.2, 0.25) is 5.91 Å². The van der Waals surface area contributed by atoms with Crippen LogP contribution < -0.4 is 16.2 Å². The molecule has 2 aromatic carbocycles. The van der Waals surface area contributed by atoms with Gasteiger partial charge in [0, 0.05) is 30.4 Å². The fourth-order valence-corrected chi connectivity index (χ4v) is 3.29. The van der Waals surface area contributed by atoms with Crippen molar-refractivity contribution >= 4 is 34.1 Å². The molecular formula is C24H21N5O3. The summed E-state index contributed by atoms with van der Waals surface area (Å²) in [6, 6.07) is 15.5. The molecule has 0 fully saturated rings. The Hall–Kier alpha value is -4.33. The SMILES string of the molecule is Cc1cccc2c(=O)n(CCC(=O)Nc3ccc(C(=O)Nc4cccnc4)cc3)cnc12. The summed E-state index contributed by atoms with van der Waals surface area (Å²) in [6.45, 7) is 2.12. The summed E-state index contributed by atoms with van der Waals surface area (Å²) in [4.78, 5) is 45.6. The number of aromatic nitrogens is 3. The van der Waals surface area contributed by atoms with Crippen LogP contribution in [-0.4, -0.2) is 26.3 Å². The molecule has 0 aliphatic rings. The second kappa shape index (κ2) is 9.22. The molecule has 0 atom stereocenters. The third kappa shape index (κ3) is 4.70. The van der Waals surface area contributed by atoms with E-state index in [1.165, 1.54) is 10.9 Å². The zero-order valence-corrected chi connectivity index (χ0v) is 17.4. The van der Waals surface area contributed by atoms with Crippen molar-refractivity contribution < 1.29 is 9.59 Å². The molecule has 0 saturated carbocycles. The number of carbonyl (C=O) groups is 2. The van der Waals surface area contributed by atoms with Crippen molar-refractivity contribution in [3.63, 3.8) is 0 Å². The number of para-hydroxylation sites is 1. The van der Waals surface area contributed by atoms with Gasteiger partial charge in [-0.25, -0.2) is 4.98 Å². The number of aryl methyl sites for hydroxylation is 2. The van der Waals surface area contributed by atoms with Crippen LogP contribution in [0, 0.1) is 6.92 Å². The number of fused-ring (bicyclic) bond motifs is 1. The third-order valence-electron chi connectivity index (χ3n) is 4.99. The van der Waals surface area contributed by atoms with E-state index in [1.54, 1.807) is 54.9 Å². The maximum absolute atomic E-state index is 12.6. The minimum atomic E-state index is -0.269. The van der Waals surface area contributed by atoms with E-state index in [2.05, 4.69) is 20.6 Å². The molecule has 0 aliphatic heterocycles. The molecule has 2 amide bonds. The van der Waals surface area contributed by atoms with Crippen LogP contribution in [0.15, 0.2) is 78.1 Å². The predicted octanol–water partition coefficient (Wildman–Crippen LogP) is 3.38. The molecule has 2 N–H and O–H groups in total. The van der Waals surface area contributed by atoms with E-state index < -0.39 is 0 Å². The molecule has 0 bridgehead atoms. The summed E-state index contributed by atoms with van der Waals surface area (Å²) < 4.78 is 1.44. The fourth-order valence-electron chi connectivity index (χ4n) is 3.29. The van der Waals surface area contributed by atoms with Crippen LogP contribution in [0.25, 0.3) is 10.9 Å². The number of hydrogen-bond acceptors (Lipinski definition) is 5. The van der Waals surface area contributed by atoms with Gasteiger partial charge in [-0.2, -0.15) is 0 Å². The van der Waals surface area contributed by atoms with Crippen LogP contribution >= 0.6 is 0 Å². The van der Waals surface area contributed by atoms with Crippen LogP contribution in [0.4, 0.5) is 11.4 Å². The molecule has 0 unspecified atom stereocenters. The normalized spacial score (nSPS) is 10.7. The average Bonchev–Trinajstić information content (AvgIpc) is 2.80. The molecule has 160 valence electrons. The number of benzene rings is 2. The largest absolute Gasteiger partial charge is 0.326 e. The van der Waals surface area contributed by atoms with Crippen molar-refractivity contribution in [2.75, 3.05) is 10.6 Å². The van der Waals surface area contributed by atoms with Crippen molar-refractivity contribution in [3.05, 3.63) is 94.8 Å². The zero-order valence-electron chi connectivity index (χ0n) is 17.4. The number of pyridine rings is 1. The van der Waals surface area contributed by atoms with Crippen molar-refractivity contribution in [1.29, 1.82) is 0 Å². The first-order valence-electron chi connectivity index (χ1n) is 10.1. The molecular weight excluding hydrogens is 406 g/mol. The summed E-state index contributed by atoms with van der Waals surface area (Å²) >= 11 is 0. The topological polar surface area (TPSA) is 106 Å². The van der Waals surface area contributed by atoms with Crippen molar-refractivity contribution in [2.45, 2.75) is 19.9 Å². The number of hydrogen-bond donors (Lipinski definition) is 2. The smallest absolute Gasteiger partial charge is 0.261 e. The molecule has 32 heavy (non-hydrogen) atoms. The molecule has 4 aromatic rings. The number of nitrogens with zero attached hydrogens (tertiary/aromatic N) is 3. The highest BCUT2D eigenvalue weighted by atomic mass is 16.2. The lowest BCUT2D eigenvalue weighted by molar-refractivity contribution is -0.116. The summed E-state index contributed by atoms with van der Waals surface area (Å²) in [5.41, 5.74) is 3.05. The molecule has 0 radical (unpaired) electrons. The van der Waals surface area contributed by atoms with Crippen LogP contribution in [-0.2, 0) is 11.3 Å². The van der Waals surface area contributed by atoms with Gasteiger partial charge in [0.15, 0.2) is 0 Å². The Morgan fingerprint density at radius 3 is 2.53 bits per heavy atom.